The number of aryl methyl sites for hydroxylation is 2. The van der Waals surface area contributed by atoms with Crippen molar-refractivity contribution in [3.63, 3.8) is 0 Å². The highest BCUT2D eigenvalue weighted by Crippen LogP contribution is 2.35. The van der Waals surface area contributed by atoms with Gasteiger partial charge in [0.05, 0.1) is 5.69 Å². The number of thiazole rings is 1. The van der Waals surface area contributed by atoms with Crippen LogP contribution in [0.15, 0.2) is 12.4 Å². The van der Waals surface area contributed by atoms with E-state index in [0.29, 0.717) is 24.3 Å². The Labute approximate surface area is 145 Å². The third-order valence-electron chi connectivity index (χ3n) is 5.43. The summed E-state index contributed by atoms with van der Waals surface area (Å²) >= 11 is 1.81. The lowest BCUT2D eigenvalue weighted by Gasteiger charge is -2.16. The van der Waals surface area contributed by atoms with E-state index in [1.807, 2.05) is 23.7 Å². The molecule has 5 nitrogen and oxygen atoms in total. The van der Waals surface area contributed by atoms with E-state index in [1.54, 1.807) is 0 Å². The number of fused-ring (bicyclic) bond motifs is 1. The number of imidazole rings is 1. The molecular formula is C18H22N4OS. The Bertz CT molecular complexity index is 752. The number of nitrogens with zero attached hydrogens (tertiary/aromatic N) is 4. The van der Waals surface area contributed by atoms with E-state index in [1.165, 1.54) is 42.7 Å². The summed E-state index contributed by atoms with van der Waals surface area (Å²) in [5, 5.41) is 1.05. The fraction of sp³-hybridized carbons (Fsp3) is 0.611. The van der Waals surface area contributed by atoms with Crippen molar-refractivity contribution in [1.82, 2.24) is 19.4 Å². The van der Waals surface area contributed by atoms with Crippen LogP contribution in [0.1, 0.15) is 42.7 Å². The predicted octanol–water partition coefficient (Wildman–Crippen LogP) is 2.90. The van der Waals surface area contributed by atoms with Crippen molar-refractivity contribution in [2.75, 3.05) is 6.54 Å². The predicted molar refractivity (Wildman–Crippen MR) is 92.8 cm³/mol. The zero-order valence-corrected chi connectivity index (χ0v) is 14.6. The number of likely N-dealkylation sites (tertiary alicyclic amines) is 1. The average Bonchev–Trinajstić information content (AvgIpc) is 3.01. The van der Waals surface area contributed by atoms with Crippen LogP contribution < -0.4 is 0 Å². The minimum atomic E-state index is 0.342. The first-order valence-electron chi connectivity index (χ1n) is 9.07. The van der Waals surface area contributed by atoms with E-state index in [4.69, 9.17) is 4.98 Å². The van der Waals surface area contributed by atoms with Crippen molar-refractivity contribution in [2.24, 2.45) is 5.92 Å². The zero-order chi connectivity index (χ0) is 16.1. The largest absolute Gasteiger partial charge is 0.339 e. The molecule has 2 aromatic heterocycles. The first-order valence-corrected chi connectivity index (χ1v) is 9.89. The number of hydrogen-bond acceptors (Lipinski definition) is 4. The number of amides is 1. The number of carbonyl (C=O) groups excluding carboxylic acids is 1. The van der Waals surface area contributed by atoms with Gasteiger partial charge in [-0.2, -0.15) is 0 Å². The molecule has 1 aliphatic heterocycles. The molecule has 1 unspecified atom stereocenters. The highest BCUT2D eigenvalue weighted by atomic mass is 32.1. The molecule has 5 rings (SSSR count). The summed E-state index contributed by atoms with van der Waals surface area (Å²) in [6.07, 6.45) is 11.8. The first kappa shape index (κ1) is 14.6. The Morgan fingerprint density at radius 1 is 1.25 bits per heavy atom. The summed E-state index contributed by atoms with van der Waals surface area (Å²) in [6.45, 7) is 1.78. The third kappa shape index (κ3) is 2.57. The smallest absolute Gasteiger partial charge is 0.223 e. The van der Waals surface area contributed by atoms with Gasteiger partial charge in [0.2, 0.25) is 5.91 Å². The van der Waals surface area contributed by atoms with Crippen LogP contribution in [-0.4, -0.2) is 37.9 Å². The maximum Gasteiger partial charge on any atom is 0.223 e. The van der Waals surface area contributed by atoms with Gasteiger partial charge in [0.25, 0.3) is 0 Å². The van der Waals surface area contributed by atoms with Crippen LogP contribution in [0.3, 0.4) is 0 Å². The summed E-state index contributed by atoms with van der Waals surface area (Å²) < 4.78 is 2.21. The number of carbonyl (C=O) groups is 1. The van der Waals surface area contributed by atoms with E-state index in [-0.39, 0.29) is 0 Å². The lowest BCUT2D eigenvalue weighted by molar-refractivity contribution is -0.128. The van der Waals surface area contributed by atoms with Gasteiger partial charge >= 0.3 is 0 Å². The molecule has 6 heteroatoms. The van der Waals surface area contributed by atoms with Crippen LogP contribution >= 0.6 is 11.3 Å². The third-order valence-corrected chi connectivity index (χ3v) is 6.59. The second kappa shape index (κ2) is 5.69. The molecule has 0 aromatic carbocycles. The Hall–Kier alpha value is -1.69. The summed E-state index contributed by atoms with van der Waals surface area (Å²) in [6, 6.07) is 0.537. The van der Waals surface area contributed by atoms with E-state index in [9.17, 15) is 4.79 Å². The van der Waals surface area contributed by atoms with Gasteiger partial charge in [0.15, 0.2) is 10.8 Å². The molecule has 2 fully saturated rings. The molecule has 0 bridgehead atoms. The lowest BCUT2D eigenvalue weighted by Crippen LogP contribution is -2.27. The molecule has 24 heavy (non-hydrogen) atoms. The van der Waals surface area contributed by atoms with E-state index < -0.39 is 0 Å². The van der Waals surface area contributed by atoms with Crippen LogP contribution in [0.2, 0.25) is 0 Å². The van der Waals surface area contributed by atoms with Gasteiger partial charge in [-0.1, -0.05) is 0 Å². The quantitative estimate of drug-likeness (QED) is 0.858. The van der Waals surface area contributed by atoms with Crippen LogP contribution in [0, 0.1) is 5.92 Å². The van der Waals surface area contributed by atoms with Crippen molar-refractivity contribution < 1.29 is 4.79 Å². The minimum absolute atomic E-state index is 0.342. The van der Waals surface area contributed by atoms with Crippen molar-refractivity contribution in [1.29, 1.82) is 0 Å². The lowest BCUT2D eigenvalue weighted by atomic mass is 10.0. The fourth-order valence-corrected chi connectivity index (χ4v) is 5.21. The van der Waals surface area contributed by atoms with Crippen molar-refractivity contribution in [3.05, 3.63) is 23.0 Å². The van der Waals surface area contributed by atoms with Gasteiger partial charge in [-0.05, 0) is 38.5 Å². The molecule has 0 spiro atoms. The Morgan fingerprint density at radius 3 is 2.96 bits per heavy atom. The van der Waals surface area contributed by atoms with E-state index in [0.717, 1.165) is 30.3 Å². The van der Waals surface area contributed by atoms with Crippen molar-refractivity contribution >= 4 is 17.2 Å². The fourth-order valence-electron chi connectivity index (χ4n) is 4.05. The molecule has 1 saturated carbocycles. The Morgan fingerprint density at radius 2 is 2.12 bits per heavy atom. The molecule has 3 heterocycles. The minimum Gasteiger partial charge on any atom is -0.339 e. The van der Waals surface area contributed by atoms with Gasteiger partial charge in [-0.3, -0.25) is 4.79 Å². The van der Waals surface area contributed by atoms with Crippen molar-refractivity contribution in [2.45, 2.75) is 57.5 Å². The van der Waals surface area contributed by atoms with Gasteiger partial charge < -0.3 is 9.47 Å². The maximum absolute atomic E-state index is 12.2. The normalized spacial score (nSPS) is 23.8. The molecule has 2 aliphatic carbocycles. The van der Waals surface area contributed by atoms with Crippen LogP contribution in [0.5, 0.6) is 0 Å². The number of aromatic nitrogens is 3. The molecule has 0 N–H and O–H groups in total. The van der Waals surface area contributed by atoms with Gasteiger partial charge in [0, 0.05) is 48.7 Å². The second-order valence-electron chi connectivity index (χ2n) is 7.35. The van der Waals surface area contributed by atoms with Gasteiger partial charge in [-0.25, -0.2) is 9.97 Å². The Kier molecular flexibility index (Phi) is 3.47. The van der Waals surface area contributed by atoms with Gasteiger partial charge in [-0.15, -0.1) is 11.3 Å². The molecule has 3 aliphatic rings. The maximum atomic E-state index is 12.2. The van der Waals surface area contributed by atoms with E-state index in [2.05, 4.69) is 14.5 Å². The molecule has 1 amide bonds. The van der Waals surface area contributed by atoms with Gasteiger partial charge in [0.1, 0.15) is 0 Å². The summed E-state index contributed by atoms with van der Waals surface area (Å²) in [7, 11) is 0. The van der Waals surface area contributed by atoms with Crippen molar-refractivity contribution in [3.8, 4) is 10.8 Å². The van der Waals surface area contributed by atoms with Crippen LogP contribution in [0.25, 0.3) is 10.8 Å². The van der Waals surface area contributed by atoms with E-state index >= 15 is 0 Å². The SMILES string of the molecule is O=C1CC(Cn2ccnc2-c2nc3c(s2)CCCC3)CN1C1CC1. The molecule has 126 valence electrons. The average molecular weight is 342 g/mol. The van der Waals surface area contributed by atoms with Crippen LogP contribution in [0.4, 0.5) is 0 Å². The van der Waals surface area contributed by atoms with Crippen LogP contribution in [-0.2, 0) is 24.2 Å². The summed E-state index contributed by atoms with van der Waals surface area (Å²) in [5.41, 5.74) is 1.28. The molecule has 2 aromatic rings. The molecule has 1 saturated heterocycles. The summed E-state index contributed by atoms with van der Waals surface area (Å²) in [5.74, 6) is 1.72. The second-order valence-corrected chi connectivity index (χ2v) is 8.43. The standard InChI is InChI=1S/C18H22N4OS/c23-16-9-12(11-22(16)13-5-6-13)10-21-8-7-19-17(21)18-20-14-3-1-2-4-15(14)24-18/h7-8,12-13H,1-6,9-11H2. The number of hydrogen-bond donors (Lipinski definition) is 0. The monoisotopic (exact) mass is 342 g/mol. The zero-order valence-electron chi connectivity index (χ0n) is 13.8. The molecule has 0 radical (unpaired) electrons. The molecular weight excluding hydrogens is 320 g/mol. The topological polar surface area (TPSA) is 51.0 Å². The summed E-state index contributed by atoms with van der Waals surface area (Å²) in [4.78, 5) is 25.1. The Balaban J connectivity index is 1.36. The first-order chi connectivity index (χ1) is 11.8. The highest BCUT2D eigenvalue weighted by Gasteiger charge is 2.39. The molecule has 1 atom stereocenters. The number of rotatable bonds is 4. The highest BCUT2D eigenvalue weighted by molar-refractivity contribution is 7.15.